The highest BCUT2D eigenvalue weighted by Gasteiger charge is 2.08. The maximum atomic E-state index is 5.63. The SMILES string of the molecule is Nc1nc(-c2cnc(-c3ccccc3)s2)cs1. The van der Waals surface area contributed by atoms with Crippen LogP contribution in [-0.2, 0) is 0 Å². The number of nitrogens with zero attached hydrogens (tertiary/aromatic N) is 2. The number of hydrogen-bond acceptors (Lipinski definition) is 5. The van der Waals surface area contributed by atoms with Crippen LogP contribution in [0.3, 0.4) is 0 Å². The van der Waals surface area contributed by atoms with Crippen molar-refractivity contribution < 1.29 is 0 Å². The van der Waals surface area contributed by atoms with E-state index in [9.17, 15) is 0 Å². The van der Waals surface area contributed by atoms with E-state index < -0.39 is 0 Å². The summed E-state index contributed by atoms with van der Waals surface area (Å²) in [7, 11) is 0. The van der Waals surface area contributed by atoms with Crippen LogP contribution in [0.15, 0.2) is 41.9 Å². The van der Waals surface area contributed by atoms with Crippen LogP contribution in [0.5, 0.6) is 0 Å². The zero-order valence-corrected chi connectivity index (χ0v) is 10.5. The smallest absolute Gasteiger partial charge is 0.180 e. The quantitative estimate of drug-likeness (QED) is 0.766. The van der Waals surface area contributed by atoms with E-state index in [1.165, 1.54) is 11.3 Å². The first kappa shape index (κ1) is 10.4. The fourth-order valence-corrected chi connectivity index (χ4v) is 3.03. The molecule has 0 amide bonds. The highest BCUT2D eigenvalue weighted by atomic mass is 32.1. The van der Waals surface area contributed by atoms with E-state index in [-0.39, 0.29) is 0 Å². The highest BCUT2D eigenvalue weighted by Crippen LogP contribution is 2.32. The first-order chi connectivity index (χ1) is 8.33. The molecule has 0 saturated carbocycles. The number of anilines is 1. The van der Waals surface area contributed by atoms with Gasteiger partial charge >= 0.3 is 0 Å². The number of hydrogen-bond donors (Lipinski definition) is 1. The van der Waals surface area contributed by atoms with Gasteiger partial charge in [0, 0.05) is 17.1 Å². The summed E-state index contributed by atoms with van der Waals surface area (Å²) in [5.41, 5.74) is 7.67. The normalized spacial score (nSPS) is 10.6. The van der Waals surface area contributed by atoms with Crippen LogP contribution >= 0.6 is 22.7 Å². The molecule has 0 bridgehead atoms. The molecule has 84 valence electrons. The van der Waals surface area contributed by atoms with Gasteiger partial charge in [-0.05, 0) is 0 Å². The number of nitrogen functional groups attached to an aromatic ring is 1. The summed E-state index contributed by atoms with van der Waals surface area (Å²) in [6, 6.07) is 10.1. The second kappa shape index (κ2) is 4.27. The molecule has 2 aromatic heterocycles. The second-order valence-corrected chi connectivity index (χ2v) is 5.39. The maximum absolute atomic E-state index is 5.63. The summed E-state index contributed by atoms with van der Waals surface area (Å²) in [6.45, 7) is 0. The lowest BCUT2D eigenvalue weighted by Crippen LogP contribution is -1.80. The van der Waals surface area contributed by atoms with E-state index in [2.05, 4.69) is 22.1 Å². The molecule has 0 aliphatic heterocycles. The average molecular weight is 259 g/mol. The fourth-order valence-electron chi connectivity index (χ4n) is 1.51. The topological polar surface area (TPSA) is 51.8 Å². The minimum atomic E-state index is 0.592. The van der Waals surface area contributed by atoms with E-state index in [1.54, 1.807) is 11.3 Å². The third kappa shape index (κ3) is 2.07. The lowest BCUT2D eigenvalue weighted by molar-refractivity contribution is 1.39. The van der Waals surface area contributed by atoms with Crippen molar-refractivity contribution in [2.75, 3.05) is 5.73 Å². The summed E-state index contributed by atoms with van der Waals surface area (Å²) >= 11 is 3.08. The van der Waals surface area contributed by atoms with Gasteiger partial charge in [0.05, 0.1) is 10.6 Å². The second-order valence-electron chi connectivity index (χ2n) is 3.47. The van der Waals surface area contributed by atoms with Crippen LogP contribution in [0.4, 0.5) is 5.13 Å². The first-order valence-electron chi connectivity index (χ1n) is 5.05. The number of thiazole rings is 2. The Labute approximate surface area is 107 Å². The van der Waals surface area contributed by atoms with Gasteiger partial charge in [-0.1, -0.05) is 30.3 Å². The van der Waals surface area contributed by atoms with Crippen LogP contribution < -0.4 is 5.73 Å². The first-order valence-corrected chi connectivity index (χ1v) is 6.75. The van der Waals surface area contributed by atoms with E-state index >= 15 is 0 Å². The minimum absolute atomic E-state index is 0.592. The zero-order valence-electron chi connectivity index (χ0n) is 8.83. The summed E-state index contributed by atoms with van der Waals surface area (Å²) in [4.78, 5) is 9.72. The monoisotopic (exact) mass is 259 g/mol. The van der Waals surface area contributed by atoms with Crippen LogP contribution in [0.25, 0.3) is 21.1 Å². The highest BCUT2D eigenvalue weighted by molar-refractivity contribution is 7.19. The van der Waals surface area contributed by atoms with Crippen LogP contribution in [0.1, 0.15) is 0 Å². The van der Waals surface area contributed by atoms with Crippen molar-refractivity contribution in [2.45, 2.75) is 0 Å². The molecule has 2 heterocycles. The van der Waals surface area contributed by atoms with E-state index in [0.29, 0.717) is 5.13 Å². The van der Waals surface area contributed by atoms with Crippen LogP contribution in [-0.4, -0.2) is 9.97 Å². The summed E-state index contributed by atoms with van der Waals surface area (Å²) in [5, 5.41) is 3.55. The number of aromatic nitrogens is 2. The standard InChI is InChI=1S/C12H9N3S2/c13-12-15-9(7-16-12)10-6-14-11(17-10)8-4-2-1-3-5-8/h1-7H,(H2,13,15). The zero-order chi connectivity index (χ0) is 11.7. The van der Waals surface area contributed by atoms with Crippen LogP contribution in [0, 0.1) is 0 Å². The molecule has 0 fully saturated rings. The molecule has 0 unspecified atom stereocenters. The van der Waals surface area contributed by atoms with Gasteiger partial charge in [0.15, 0.2) is 5.13 Å². The molecule has 2 N–H and O–H groups in total. The van der Waals surface area contributed by atoms with Gasteiger partial charge in [-0.25, -0.2) is 9.97 Å². The Morgan fingerprint density at radius 2 is 1.94 bits per heavy atom. The Morgan fingerprint density at radius 3 is 2.65 bits per heavy atom. The van der Waals surface area contributed by atoms with Gasteiger partial charge in [0.2, 0.25) is 0 Å². The van der Waals surface area contributed by atoms with Crippen molar-refractivity contribution in [1.82, 2.24) is 9.97 Å². The van der Waals surface area contributed by atoms with Gasteiger partial charge in [0.1, 0.15) is 5.01 Å². The number of rotatable bonds is 2. The molecule has 0 radical (unpaired) electrons. The average Bonchev–Trinajstić information content (AvgIpc) is 2.98. The van der Waals surface area contributed by atoms with Gasteiger partial charge in [0.25, 0.3) is 0 Å². The van der Waals surface area contributed by atoms with Crippen molar-refractivity contribution >= 4 is 27.8 Å². The Balaban J connectivity index is 1.99. The van der Waals surface area contributed by atoms with Crippen molar-refractivity contribution in [2.24, 2.45) is 0 Å². The summed E-state index contributed by atoms with van der Waals surface area (Å²) in [6.07, 6.45) is 1.85. The molecule has 3 nitrogen and oxygen atoms in total. The molecular formula is C12H9N3S2. The molecule has 3 aromatic rings. The predicted octanol–water partition coefficient (Wildman–Crippen LogP) is 3.52. The van der Waals surface area contributed by atoms with Gasteiger partial charge in [-0.3, -0.25) is 0 Å². The summed E-state index contributed by atoms with van der Waals surface area (Å²) < 4.78 is 0. The largest absolute Gasteiger partial charge is 0.375 e. The van der Waals surface area contributed by atoms with Gasteiger partial charge in [-0.15, -0.1) is 22.7 Å². The molecule has 1 aromatic carbocycles. The number of nitrogens with two attached hydrogens (primary N) is 1. The molecule has 0 atom stereocenters. The Kier molecular flexibility index (Phi) is 2.62. The fraction of sp³-hybridized carbons (Fsp3) is 0. The van der Waals surface area contributed by atoms with Gasteiger partial charge in [-0.2, -0.15) is 0 Å². The lowest BCUT2D eigenvalue weighted by Gasteiger charge is -1.92. The minimum Gasteiger partial charge on any atom is -0.375 e. The van der Waals surface area contributed by atoms with E-state index in [0.717, 1.165) is 21.1 Å². The molecule has 0 aliphatic rings. The Hall–Kier alpha value is -1.72. The van der Waals surface area contributed by atoms with E-state index in [4.69, 9.17) is 5.73 Å². The maximum Gasteiger partial charge on any atom is 0.180 e. The molecule has 3 rings (SSSR count). The molecule has 0 spiro atoms. The third-order valence-corrected chi connectivity index (χ3v) is 4.04. The number of benzene rings is 1. The van der Waals surface area contributed by atoms with Gasteiger partial charge < -0.3 is 5.73 Å². The van der Waals surface area contributed by atoms with Crippen molar-refractivity contribution in [1.29, 1.82) is 0 Å². The van der Waals surface area contributed by atoms with Crippen LogP contribution in [0.2, 0.25) is 0 Å². The molecule has 0 aliphatic carbocycles. The lowest BCUT2D eigenvalue weighted by atomic mass is 10.2. The Bertz CT molecular complexity index is 628. The molecule has 0 saturated heterocycles. The van der Waals surface area contributed by atoms with Crippen molar-refractivity contribution in [3.05, 3.63) is 41.9 Å². The van der Waals surface area contributed by atoms with E-state index in [1.807, 2.05) is 29.8 Å². The summed E-state index contributed by atoms with van der Waals surface area (Å²) in [5.74, 6) is 0. The predicted molar refractivity (Wildman–Crippen MR) is 73.1 cm³/mol. The molecule has 17 heavy (non-hydrogen) atoms. The third-order valence-electron chi connectivity index (χ3n) is 2.30. The van der Waals surface area contributed by atoms with Crippen molar-refractivity contribution in [3.8, 4) is 21.1 Å². The molecule has 5 heteroatoms. The molecular weight excluding hydrogens is 250 g/mol. The van der Waals surface area contributed by atoms with Crippen molar-refractivity contribution in [3.63, 3.8) is 0 Å². The Morgan fingerprint density at radius 1 is 1.12 bits per heavy atom.